The van der Waals surface area contributed by atoms with Crippen LogP contribution >= 0.6 is 0 Å². The number of likely N-dealkylation sites (N-methyl/N-ethyl adjacent to an activating group) is 1. The first-order chi connectivity index (χ1) is 12.7. The molecule has 0 aromatic heterocycles. The fourth-order valence-corrected chi connectivity index (χ4v) is 3.08. The number of benzene rings is 2. The third-order valence-corrected chi connectivity index (χ3v) is 5.47. The molecule has 0 N–H and O–H groups in total. The number of anilines is 1. The van der Waals surface area contributed by atoms with Gasteiger partial charge in [0.05, 0.1) is 11.9 Å². The predicted octanol–water partition coefficient (Wildman–Crippen LogP) is 2.90. The zero-order valence-electron chi connectivity index (χ0n) is 16.1. The fourth-order valence-electron chi connectivity index (χ4n) is 2.58. The Hall–Kier alpha value is -2.54. The number of amides is 1. The van der Waals surface area contributed by atoms with Crippen molar-refractivity contribution in [3.05, 3.63) is 60.2 Å². The summed E-state index contributed by atoms with van der Waals surface area (Å²) in [4.78, 5) is 14.4. The van der Waals surface area contributed by atoms with E-state index >= 15 is 0 Å². The van der Waals surface area contributed by atoms with Crippen molar-refractivity contribution in [2.75, 3.05) is 24.7 Å². The number of hydrogen-bond acceptors (Lipinski definition) is 4. The first kappa shape index (κ1) is 20.8. The smallest absolute Gasteiger partial charge is 0.263 e. The molecule has 0 aliphatic rings. The van der Waals surface area contributed by atoms with Crippen LogP contribution in [0.5, 0.6) is 5.75 Å². The number of hydrogen-bond donors (Lipinski definition) is 0. The molecule has 0 fully saturated rings. The van der Waals surface area contributed by atoms with Gasteiger partial charge in [-0.3, -0.25) is 9.10 Å². The Balaban J connectivity index is 2.04. The summed E-state index contributed by atoms with van der Waals surface area (Å²) in [5.74, 6) is 0.424. The maximum atomic E-state index is 12.7. The average molecular weight is 391 g/mol. The predicted molar refractivity (Wildman–Crippen MR) is 107 cm³/mol. The number of ether oxygens (including phenoxy) is 1. The first-order valence-corrected chi connectivity index (χ1v) is 10.6. The Morgan fingerprint density at radius 3 is 2.15 bits per heavy atom. The van der Waals surface area contributed by atoms with Crippen LogP contribution in [0.2, 0.25) is 0 Å². The van der Waals surface area contributed by atoms with Crippen molar-refractivity contribution in [1.29, 1.82) is 0 Å². The summed E-state index contributed by atoms with van der Waals surface area (Å²) in [7, 11) is -0.0755. The molecule has 1 amide bonds. The molecule has 27 heavy (non-hydrogen) atoms. The molecule has 2 aromatic rings. The van der Waals surface area contributed by atoms with Gasteiger partial charge in [0, 0.05) is 20.6 Å². The van der Waals surface area contributed by atoms with Crippen LogP contribution in [0, 0.1) is 0 Å². The molecular weight excluding hydrogens is 364 g/mol. The van der Waals surface area contributed by atoms with Gasteiger partial charge in [0.25, 0.3) is 5.91 Å². The molecule has 146 valence electrons. The second-order valence-electron chi connectivity index (χ2n) is 6.42. The summed E-state index contributed by atoms with van der Waals surface area (Å²) in [6, 6.07) is 16.4. The second-order valence-corrected chi connectivity index (χ2v) is 8.43. The highest BCUT2D eigenvalue weighted by molar-refractivity contribution is 7.92. The minimum absolute atomic E-state index is 0.0984. The van der Waals surface area contributed by atoms with Crippen molar-refractivity contribution in [3.63, 3.8) is 0 Å². The molecule has 2 aromatic carbocycles. The maximum absolute atomic E-state index is 12.7. The Kier molecular flexibility index (Phi) is 6.85. The molecule has 1 atom stereocenters. The molecular formula is C20H26N2O4S. The van der Waals surface area contributed by atoms with E-state index in [0.29, 0.717) is 24.4 Å². The molecule has 0 unspecified atom stereocenters. The largest absolute Gasteiger partial charge is 0.481 e. The minimum atomic E-state index is -3.32. The standard InChI is InChI=1S/C20H26N2O4S/c1-5-19(20(23)21(2)15-16-9-7-6-8-10-16)26-18-13-11-17(12-14-18)22(3)27(4,24)25/h6-14,19H,5,15H2,1-4H3/t19-/m0/s1. The van der Waals surface area contributed by atoms with Crippen molar-refractivity contribution in [2.24, 2.45) is 0 Å². The number of rotatable bonds is 8. The van der Waals surface area contributed by atoms with Gasteiger partial charge in [-0.25, -0.2) is 8.42 Å². The Bertz CT molecular complexity index is 851. The topological polar surface area (TPSA) is 66.9 Å². The molecule has 2 rings (SSSR count). The highest BCUT2D eigenvalue weighted by Crippen LogP contribution is 2.22. The van der Waals surface area contributed by atoms with E-state index in [1.54, 1.807) is 36.2 Å². The van der Waals surface area contributed by atoms with E-state index in [1.165, 1.54) is 11.4 Å². The van der Waals surface area contributed by atoms with Crippen LogP contribution in [0.25, 0.3) is 0 Å². The van der Waals surface area contributed by atoms with Crippen LogP contribution in [0.15, 0.2) is 54.6 Å². The molecule has 0 saturated carbocycles. The molecule has 0 aliphatic heterocycles. The molecule has 0 heterocycles. The lowest BCUT2D eigenvalue weighted by molar-refractivity contribution is -0.138. The first-order valence-electron chi connectivity index (χ1n) is 8.72. The quantitative estimate of drug-likeness (QED) is 0.695. The summed E-state index contributed by atoms with van der Waals surface area (Å²) in [5.41, 5.74) is 1.58. The van der Waals surface area contributed by atoms with Gasteiger partial charge < -0.3 is 9.64 Å². The van der Waals surface area contributed by atoms with Crippen LogP contribution in [-0.4, -0.2) is 45.7 Å². The number of carbonyl (C=O) groups excluding carboxylic acids is 1. The average Bonchev–Trinajstić information content (AvgIpc) is 2.65. The van der Waals surface area contributed by atoms with Gasteiger partial charge in [-0.15, -0.1) is 0 Å². The van der Waals surface area contributed by atoms with Gasteiger partial charge >= 0.3 is 0 Å². The van der Waals surface area contributed by atoms with Gasteiger partial charge in [-0.05, 0) is 36.2 Å². The van der Waals surface area contributed by atoms with Gasteiger partial charge in [-0.1, -0.05) is 37.3 Å². The molecule has 0 aliphatic carbocycles. The van der Waals surface area contributed by atoms with Gasteiger partial charge in [0.15, 0.2) is 6.10 Å². The minimum Gasteiger partial charge on any atom is -0.481 e. The highest BCUT2D eigenvalue weighted by Gasteiger charge is 2.22. The lowest BCUT2D eigenvalue weighted by Gasteiger charge is -2.24. The van der Waals surface area contributed by atoms with E-state index in [2.05, 4.69) is 0 Å². The summed E-state index contributed by atoms with van der Waals surface area (Å²) in [6.07, 6.45) is 1.08. The maximum Gasteiger partial charge on any atom is 0.263 e. The van der Waals surface area contributed by atoms with Crippen LogP contribution in [0.3, 0.4) is 0 Å². The van der Waals surface area contributed by atoms with Crippen molar-refractivity contribution < 1.29 is 17.9 Å². The SMILES string of the molecule is CC[C@H](Oc1ccc(N(C)S(C)(=O)=O)cc1)C(=O)N(C)Cc1ccccc1. The Labute approximate surface area is 161 Å². The monoisotopic (exact) mass is 390 g/mol. The number of nitrogens with zero attached hydrogens (tertiary/aromatic N) is 2. The molecule has 7 heteroatoms. The summed E-state index contributed by atoms with van der Waals surface area (Å²) in [5, 5.41) is 0. The zero-order chi connectivity index (χ0) is 20.0. The Morgan fingerprint density at radius 1 is 1.04 bits per heavy atom. The van der Waals surface area contributed by atoms with Crippen molar-refractivity contribution in [3.8, 4) is 5.75 Å². The molecule has 0 radical (unpaired) electrons. The van der Waals surface area contributed by atoms with Crippen molar-refractivity contribution in [2.45, 2.75) is 26.0 Å². The molecule has 0 saturated heterocycles. The van der Waals surface area contributed by atoms with Crippen molar-refractivity contribution >= 4 is 21.6 Å². The van der Waals surface area contributed by atoms with E-state index in [1.807, 2.05) is 37.3 Å². The molecule has 0 spiro atoms. The lowest BCUT2D eigenvalue weighted by Crippen LogP contribution is -2.39. The van der Waals surface area contributed by atoms with Crippen molar-refractivity contribution in [1.82, 2.24) is 4.90 Å². The van der Waals surface area contributed by atoms with Crippen LogP contribution in [0.4, 0.5) is 5.69 Å². The van der Waals surface area contributed by atoms with Gasteiger partial charge in [0.2, 0.25) is 10.0 Å². The summed E-state index contributed by atoms with van der Waals surface area (Å²) in [6.45, 7) is 2.41. The van der Waals surface area contributed by atoms with E-state index in [-0.39, 0.29) is 5.91 Å². The van der Waals surface area contributed by atoms with Gasteiger partial charge in [0.1, 0.15) is 5.75 Å². The Morgan fingerprint density at radius 2 is 1.63 bits per heavy atom. The van der Waals surface area contributed by atoms with E-state index in [0.717, 1.165) is 11.8 Å². The van der Waals surface area contributed by atoms with E-state index in [4.69, 9.17) is 4.74 Å². The van der Waals surface area contributed by atoms with Crippen LogP contribution < -0.4 is 9.04 Å². The molecule has 0 bridgehead atoms. The van der Waals surface area contributed by atoms with Gasteiger partial charge in [-0.2, -0.15) is 0 Å². The summed E-state index contributed by atoms with van der Waals surface area (Å²) >= 11 is 0. The number of carbonyl (C=O) groups is 1. The third-order valence-electron chi connectivity index (χ3n) is 4.26. The van der Waals surface area contributed by atoms with E-state index in [9.17, 15) is 13.2 Å². The van der Waals surface area contributed by atoms with Crippen LogP contribution in [0.1, 0.15) is 18.9 Å². The second kappa shape index (κ2) is 8.90. The van der Waals surface area contributed by atoms with Crippen LogP contribution in [-0.2, 0) is 21.4 Å². The van der Waals surface area contributed by atoms with E-state index < -0.39 is 16.1 Å². The summed E-state index contributed by atoms with van der Waals surface area (Å²) < 4.78 is 30.2. The fraction of sp³-hybridized carbons (Fsp3) is 0.350. The highest BCUT2D eigenvalue weighted by atomic mass is 32.2. The molecule has 6 nitrogen and oxygen atoms in total. The zero-order valence-corrected chi connectivity index (χ0v) is 16.9. The lowest BCUT2D eigenvalue weighted by atomic mass is 10.2. The normalized spacial score (nSPS) is 12.3. The number of sulfonamides is 1. The third kappa shape index (κ3) is 5.72.